The van der Waals surface area contributed by atoms with Gasteiger partial charge in [0.25, 0.3) is 0 Å². The fraction of sp³-hybridized carbons (Fsp3) is 0.571. The molecule has 0 fully saturated rings. The Kier molecular flexibility index (Phi) is 2.99. The van der Waals surface area contributed by atoms with Crippen molar-refractivity contribution in [3.63, 3.8) is 0 Å². The second-order valence-electron chi connectivity index (χ2n) is 5.04. The number of nitrogens with two attached hydrogens (primary N) is 1. The second kappa shape index (κ2) is 4.26. The van der Waals surface area contributed by atoms with Gasteiger partial charge in [-0.15, -0.1) is 0 Å². The van der Waals surface area contributed by atoms with Gasteiger partial charge in [-0.2, -0.15) is 0 Å². The third-order valence-electron chi connectivity index (χ3n) is 3.63. The summed E-state index contributed by atoms with van der Waals surface area (Å²) in [5.41, 5.74) is 10.2. The van der Waals surface area contributed by atoms with E-state index >= 15 is 0 Å². The van der Waals surface area contributed by atoms with Crippen molar-refractivity contribution in [2.45, 2.75) is 39.5 Å². The van der Waals surface area contributed by atoms with E-state index in [9.17, 15) is 0 Å². The summed E-state index contributed by atoms with van der Waals surface area (Å²) in [5, 5.41) is 0. The summed E-state index contributed by atoms with van der Waals surface area (Å²) in [6.45, 7) is 4.63. The maximum atomic E-state index is 6.15. The van der Waals surface area contributed by atoms with Gasteiger partial charge in [-0.1, -0.05) is 32.1 Å². The summed E-state index contributed by atoms with van der Waals surface area (Å²) in [6.07, 6.45) is 11.4. The lowest BCUT2D eigenvalue weighted by molar-refractivity contribution is 0.488. The van der Waals surface area contributed by atoms with Crippen LogP contribution in [0.15, 0.2) is 35.1 Å². The van der Waals surface area contributed by atoms with Gasteiger partial charge in [-0.3, -0.25) is 0 Å². The first-order valence-corrected chi connectivity index (χ1v) is 6.03. The molecule has 82 valence electrons. The van der Waals surface area contributed by atoms with Gasteiger partial charge in [0.1, 0.15) is 0 Å². The summed E-state index contributed by atoms with van der Waals surface area (Å²) >= 11 is 0. The second-order valence-corrected chi connectivity index (χ2v) is 5.04. The minimum Gasteiger partial charge on any atom is -0.402 e. The van der Waals surface area contributed by atoms with Gasteiger partial charge in [0.05, 0.1) is 0 Å². The first-order valence-electron chi connectivity index (χ1n) is 6.03. The minimum atomic E-state index is 0.647. The molecule has 0 aromatic carbocycles. The molecule has 0 spiro atoms. The quantitative estimate of drug-likeness (QED) is 0.693. The van der Waals surface area contributed by atoms with E-state index in [1.165, 1.54) is 24.0 Å². The highest BCUT2D eigenvalue weighted by molar-refractivity contribution is 5.41. The van der Waals surface area contributed by atoms with E-state index in [0.717, 1.165) is 24.5 Å². The highest BCUT2D eigenvalue weighted by Crippen LogP contribution is 2.36. The maximum absolute atomic E-state index is 6.15. The molecule has 0 aromatic rings. The predicted octanol–water partition coefficient (Wildman–Crippen LogP) is 3.54. The van der Waals surface area contributed by atoms with Gasteiger partial charge in [0.15, 0.2) is 0 Å². The topological polar surface area (TPSA) is 26.0 Å². The Bertz CT molecular complexity index is 333. The summed E-state index contributed by atoms with van der Waals surface area (Å²) in [5.74, 6) is 1.44. The van der Waals surface area contributed by atoms with Crippen molar-refractivity contribution in [2.75, 3.05) is 0 Å². The van der Waals surface area contributed by atoms with E-state index in [4.69, 9.17) is 5.73 Å². The summed E-state index contributed by atoms with van der Waals surface area (Å²) in [6, 6.07) is 0. The molecule has 0 saturated heterocycles. The molecule has 2 aliphatic rings. The number of hydrogen-bond donors (Lipinski definition) is 1. The molecule has 0 aliphatic heterocycles. The molecule has 0 saturated carbocycles. The zero-order chi connectivity index (χ0) is 10.8. The third kappa shape index (κ3) is 2.17. The van der Waals surface area contributed by atoms with E-state index in [0.29, 0.717) is 5.92 Å². The monoisotopic (exact) mass is 203 g/mol. The molecule has 0 aromatic heterocycles. The molecule has 0 radical (unpaired) electrons. The fourth-order valence-corrected chi connectivity index (χ4v) is 2.58. The summed E-state index contributed by atoms with van der Waals surface area (Å²) < 4.78 is 0. The van der Waals surface area contributed by atoms with E-state index in [2.05, 4.69) is 32.1 Å². The van der Waals surface area contributed by atoms with Gasteiger partial charge in [-0.25, -0.2) is 0 Å². The van der Waals surface area contributed by atoms with Crippen LogP contribution in [0.4, 0.5) is 0 Å². The molecule has 2 N–H and O–H groups in total. The lowest BCUT2D eigenvalue weighted by Gasteiger charge is -2.28. The van der Waals surface area contributed by atoms with E-state index in [1.54, 1.807) is 0 Å². The Hall–Kier alpha value is -0.980. The Morgan fingerprint density at radius 1 is 1.33 bits per heavy atom. The molecule has 2 unspecified atom stereocenters. The summed E-state index contributed by atoms with van der Waals surface area (Å²) in [4.78, 5) is 0. The predicted molar refractivity (Wildman–Crippen MR) is 65.2 cm³/mol. The fourth-order valence-electron chi connectivity index (χ4n) is 2.58. The molecular weight excluding hydrogens is 182 g/mol. The maximum Gasteiger partial charge on any atom is 0.0116 e. The molecule has 1 heteroatoms. The molecule has 2 rings (SSSR count). The zero-order valence-electron chi connectivity index (χ0n) is 9.79. The molecule has 15 heavy (non-hydrogen) atoms. The Labute approximate surface area is 92.7 Å². The van der Waals surface area contributed by atoms with E-state index in [1.807, 2.05) is 0 Å². The van der Waals surface area contributed by atoms with Crippen LogP contribution in [-0.4, -0.2) is 0 Å². The Morgan fingerprint density at radius 3 is 2.87 bits per heavy atom. The largest absolute Gasteiger partial charge is 0.402 e. The Balaban J connectivity index is 2.28. The molecule has 2 atom stereocenters. The van der Waals surface area contributed by atoms with Crippen LogP contribution >= 0.6 is 0 Å². The van der Waals surface area contributed by atoms with E-state index in [-0.39, 0.29) is 0 Å². The first-order chi connectivity index (χ1) is 7.18. The van der Waals surface area contributed by atoms with Crippen molar-refractivity contribution in [1.29, 1.82) is 0 Å². The van der Waals surface area contributed by atoms with Gasteiger partial charge in [0.2, 0.25) is 0 Å². The van der Waals surface area contributed by atoms with E-state index < -0.39 is 0 Å². The first kappa shape index (κ1) is 10.5. The van der Waals surface area contributed by atoms with Gasteiger partial charge < -0.3 is 5.73 Å². The standard InChI is InChI=1S/C14H21N/c1-10-7-8-14(15)13(9-10)12-6-4-3-5-11(12)2/h3-4,6,10-11H,5,7-9,15H2,1-2H3. The lowest BCUT2D eigenvalue weighted by atomic mass is 9.79. The molecule has 0 bridgehead atoms. The number of rotatable bonds is 1. The molecule has 0 amide bonds. The van der Waals surface area contributed by atoms with Gasteiger partial charge in [0, 0.05) is 5.70 Å². The number of hydrogen-bond acceptors (Lipinski definition) is 1. The van der Waals surface area contributed by atoms with Crippen LogP contribution < -0.4 is 5.73 Å². The smallest absolute Gasteiger partial charge is 0.0116 e. The normalized spacial score (nSPS) is 31.7. The van der Waals surface area contributed by atoms with Crippen molar-refractivity contribution < 1.29 is 0 Å². The van der Waals surface area contributed by atoms with Crippen molar-refractivity contribution >= 4 is 0 Å². The summed E-state index contributed by atoms with van der Waals surface area (Å²) in [7, 11) is 0. The van der Waals surface area contributed by atoms with Crippen LogP contribution in [0.5, 0.6) is 0 Å². The van der Waals surface area contributed by atoms with Crippen LogP contribution in [0.2, 0.25) is 0 Å². The van der Waals surface area contributed by atoms with Gasteiger partial charge in [-0.05, 0) is 48.7 Å². The minimum absolute atomic E-state index is 0.647. The SMILES string of the molecule is CC1CCC(N)=C(C2=CC=CCC2C)C1. The van der Waals surface area contributed by atoms with Crippen molar-refractivity contribution in [3.8, 4) is 0 Å². The van der Waals surface area contributed by atoms with Gasteiger partial charge >= 0.3 is 0 Å². The molecule has 0 heterocycles. The zero-order valence-corrected chi connectivity index (χ0v) is 9.79. The Morgan fingerprint density at radius 2 is 2.13 bits per heavy atom. The van der Waals surface area contributed by atoms with Crippen LogP contribution in [0.1, 0.15) is 39.5 Å². The van der Waals surface area contributed by atoms with Crippen LogP contribution in [0.3, 0.4) is 0 Å². The average Bonchev–Trinajstić information content (AvgIpc) is 2.23. The molecule has 1 nitrogen and oxygen atoms in total. The molecule has 2 aliphatic carbocycles. The van der Waals surface area contributed by atoms with Crippen molar-refractivity contribution in [2.24, 2.45) is 17.6 Å². The molecular formula is C14H21N. The number of allylic oxidation sites excluding steroid dienone is 6. The van der Waals surface area contributed by atoms with Crippen LogP contribution in [-0.2, 0) is 0 Å². The van der Waals surface area contributed by atoms with Crippen molar-refractivity contribution in [3.05, 3.63) is 35.1 Å². The van der Waals surface area contributed by atoms with Crippen LogP contribution in [0, 0.1) is 11.8 Å². The van der Waals surface area contributed by atoms with Crippen molar-refractivity contribution in [1.82, 2.24) is 0 Å². The highest BCUT2D eigenvalue weighted by Gasteiger charge is 2.22. The lowest BCUT2D eigenvalue weighted by Crippen LogP contribution is -2.17. The average molecular weight is 203 g/mol. The third-order valence-corrected chi connectivity index (χ3v) is 3.63. The highest BCUT2D eigenvalue weighted by atomic mass is 14.6. The van der Waals surface area contributed by atoms with Crippen LogP contribution in [0.25, 0.3) is 0 Å².